The van der Waals surface area contributed by atoms with Gasteiger partial charge in [0.15, 0.2) is 0 Å². The van der Waals surface area contributed by atoms with E-state index in [9.17, 15) is 9.59 Å². The van der Waals surface area contributed by atoms with Crippen molar-refractivity contribution in [2.75, 3.05) is 13.1 Å². The Hall–Kier alpha value is -2.07. The molecule has 0 atom stereocenters. The summed E-state index contributed by atoms with van der Waals surface area (Å²) in [5.41, 5.74) is 3.00. The van der Waals surface area contributed by atoms with E-state index in [1.165, 1.54) is 0 Å². The minimum Gasteiger partial charge on any atom is -0.313 e. The number of hydrogen-bond donors (Lipinski definition) is 1. The average molecular weight is 282 g/mol. The largest absolute Gasteiger partial charge is 0.313 e. The minimum atomic E-state index is -0.124. The van der Waals surface area contributed by atoms with Crippen molar-refractivity contribution in [3.05, 3.63) is 46.0 Å². The van der Waals surface area contributed by atoms with Gasteiger partial charge in [-0.25, -0.2) is 4.99 Å². The van der Waals surface area contributed by atoms with Gasteiger partial charge in [-0.3, -0.25) is 4.79 Å². The Morgan fingerprint density at radius 1 is 1.33 bits per heavy atom. The first-order valence-corrected chi connectivity index (χ1v) is 7.40. The van der Waals surface area contributed by atoms with Gasteiger partial charge in [0, 0.05) is 18.2 Å². The second-order valence-electron chi connectivity index (χ2n) is 5.35. The van der Waals surface area contributed by atoms with Crippen LogP contribution in [0, 0.1) is 0 Å². The van der Waals surface area contributed by atoms with Gasteiger partial charge in [-0.2, -0.15) is 0 Å². The molecule has 0 aromatic heterocycles. The predicted molar refractivity (Wildman–Crippen MR) is 80.2 cm³/mol. The summed E-state index contributed by atoms with van der Waals surface area (Å²) in [5.74, 6) is -0.124. The summed E-state index contributed by atoms with van der Waals surface area (Å²) in [6.45, 7) is 1.69. The molecule has 0 saturated heterocycles. The van der Waals surface area contributed by atoms with Crippen LogP contribution in [-0.4, -0.2) is 25.3 Å². The Morgan fingerprint density at radius 3 is 3.00 bits per heavy atom. The van der Waals surface area contributed by atoms with Gasteiger partial charge < -0.3 is 10.1 Å². The molecule has 1 aromatic rings. The number of amides is 1. The molecule has 0 radical (unpaired) electrons. The SMILES string of the molecule is O=CCCCc1cccc2c1=C(C1=CCNCC1)C(=O)N=2. The summed E-state index contributed by atoms with van der Waals surface area (Å²) >= 11 is 0. The number of rotatable bonds is 5. The molecule has 2 aliphatic rings. The summed E-state index contributed by atoms with van der Waals surface area (Å²) in [4.78, 5) is 27.0. The van der Waals surface area contributed by atoms with Gasteiger partial charge >= 0.3 is 0 Å². The monoisotopic (exact) mass is 282 g/mol. The maximum atomic E-state index is 12.3. The first kappa shape index (κ1) is 13.9. The molecular weight excluding hydrogens is 264 g/mol. The first-order valence-electron chi connectivity index (χ1n) is 7.40. The van der Waals surface area contributed by atoms with Crippen LogP contribution in [0.2, 0.25) is 0 Å². The van der Waals surface area contributed by atoms with Gasteiger partial charge in [-0.1, -0.05) is 18.2 Å². The summed E-state index contributed by atoms with van der Waals surface area (Å²) < 4.78 is 0. The zero-order chi connectivity index (χ0) is 14.7. The van der Waals surface area contributed by atoms with Crippen LogP contribution < -0.4 is 15.9 Å². The zero-order valence-electron chi connectivity index (χ0n) is 11.9. The van der Waals surface area contributed by atoms with Crippen LogP contribution in [0.1, 0.15) is 24.8 Å². The number of hydrogen-bond acceptors (Lipinski definition) is 3. The lowest BCUT2D eigenvalue weighted by Gasteiger charge is -2.14. The van der Waals surface area contributed by atoms with Crippen molar-refractivity contribution in [1.29, 1.82) is 0 Å². The fourth-order valence-electron chi connectivity index (χ4n) is 2.97. The molecule has 2 aliphatic heterocycles. The Balaban J connectivity index is 2.11. The molecule has 0 bridgehead atoms. The minimum absolute atomic E-state index is 0.124. The van der Waals surface area contributed by atoms with E-state index in [1.807, 2.05) is 18.2 Å². The molecule has 0 unspecified atom stereocenters. The highest BCUT2D eigenvalue weighted by molar-refractivity contribution is 6.21. The lowest BCUT2D eigenvalue weighted by atomic mass is 9.95. The lowest BCUT2D eigenvalue weighted by molar-refractivity contribution is -0.112. The molecule has 108 valence electrons. The molecule has 4 heteroatoms. The molecule has 1 amide bonds. The van der Waals surface area contributed by atoms with Crippen LogP contribution >= 0.6 is 0 Å². The molecule has 0 fully saturated rings. The summed E-state index contributed by atoms with van der Waals surface area (Å²) in [7, 11) is 0. The molecule has 0 aliphatic carbocycles. The molecule has 1 aromatic carbocycles. The standard InChI is InChI=1S/C17H18N2O2/c20-11-2-1-4-12-5-3-6-14-15(12)16(17(21)19-14)13-7-9-18-10-8-13/h3,5-7,11,18H,1-2,4,8-10H2. The van der Waals surface area contributed by atoms with E-state index in [0.717, 1.165) is 65.9 Å². The van der Waals surface area contributed by atoms with Crippen molar-refractivity contribution in [3.8, 4) is 0 Å². The summed E-state index contributed by atoms with van der Waals surface area (Å²) in [6, 6.07) is 5.87. The number of benzene rings is 1. The fourth-order valence-corrected chi connectivity index (χ4v) is 2.97. The third-order valence-electron chi connectivity index (χ3n) is 3.97. The number of unbranched alkanes of at least 4 members (excludes halogenated alkanes) is 1. The van der Waals surface area contributed by atoms with Crippen molar-refractivity contribution < 1.29 is 9.59 Å². The number of nitrogens with zero attached hydrogens (tertiary/aromatic N) is 1. The van der Waals surface area contributed by atoms with Crippen molar-refractivity contribution in [2.24, 2.45) is 4.99 Å². The van der Waals surface area contributed by atoms with E-state index in [2.05, 4.69) is 16.4 Å². The molecule has 3 rings (SSSR count). The van der Waals surface area contributed by atoms with Crippen molar-refractivity contribution in [3.63, 3.8) is 0 Å². The second-order valence-corrected chi connectivity index (χ2v) is 5.35. The predicted octanol–water partition coefficient (Wildman–Crippen LogP) is 0.438. The van der Waals surface area contributed by atoms with E-state index in [-0.39, 0.29) is 5.91 Å². The van der Waals surface area contributed by atoms with Crippen LogP contribution in [0.25, 0.3) is 5.57 Å². The Kier molecular flexibility index (Phi) is 4.06. The van der Waals surface area contributed by atoms with E-state index in [1.54, 1.807) is 0 Å². The van der Waals surface area contributed by atoms with Gasteiger partial charge in [0.25, 0.3) is 5.91 Å². The van der Waals surface area contributed by atoms with Gasteiger partial charge in [0.05, 0.1) is 10.9 Å². The van der Waals surface area contributed by atoms with E-state index >= 15 is 0 Å². The zero-order valence-corrected chi connectivity index (χ0v) is 11.9. The Bertz CT molecular complexity index is 732. The maximum absolute atomic E-state index is 12.3. The van der Waals surface area contributed by atoms with Crippen LogP contribution in [0.5, 0.6) is 0 Å². The maximum Gasteiger partial charge on any atom is 0.278 e. The van der Waals surface area contributed by atoms with Crippen molar-refractivity contribution in [1.82, 2.24) is 5.32 Å². The molecule has 2 heterocycles. The van der Waals surface area contributed by atoms with Crippen LogP contribution in [0.15, 0.2) is 34.8 Å². The Morgan fingerprint density at radius 2 is 2.24 bits per heavy atom. The number of aldehydes is 1. The van der Waals surface area contributed by atoms with E-state index < -0.39 is 0 Å². The van der Waals surface area contributed by atoms with Gasteiger partial charge in [-0.15, -0.1) is 0 Å². The van der Waals surface area contributed by atoms with Crippen LogP contribution in [0.3, 0.4) is 0 Å². The average Bonchev–Trinajstić information content (AvgIpc) is 2.85. The molecular formula is C17H18N2O2. The summed E-state index contributed by atoms with van der Waals surface area (Å²) in [6.07, 6.45) is 6.05. The number of fused-ring (bicyclic) bond motifs is 1. The van der Waals surface area contributed by atoms with E-state index in [4.69, 9.17) is 0 Å². The molecule has 0 saturated carbocycles. The number of nitrogens with one attached hydrogen (secondary N) is 1. The normalized spacial score (nSPS) is 17.2. The smallest absolute Gasteiger partial charge is 0.278 e. The fraction of sp³-hybridized carbons (Fsp3) is 0.353. The number of carbonyl (C=O) groups excluding carboxylic acids is 2. The van der Waals surface area contributed by atoms with Gasteiger partial charge in [0.2, 0.25) is 0 Å². The highest BCUT2D eigenvalue weighted by Gasteiger charge is 2.22. The van der Waals surface area contributed by atoms with Crippen LogP contribution in [0.4, 0.5) is 0 Å². The first-order chi connectivity index (χ1) is 10.3. The molecule has 0 spiro atoms. The van der Waals surface area contributed by atoms with Crippen molar-refractivity contribution >= 4 is 17.8 Å². The highest BCUT2D eigenvalue weighted by Crippen LogP contribution is 2.19. The number of aryl methyl sites for hydroxylation is 1. The van der Waals surface area contributed by atoms with Crippen LogP contribution in [-0.2, 0) is 16.0 Å². The molecule has 4 nitrogen and oxygen atoms in total. The van der Waals surface area contributed by atoms with Gasteiger partial charge in [-0.05, 0) is 43.0 Å². The third kappa shape index (κ3) is 2.72. The summed E-state index contributed by atoms with van der Waals surface area (Å²) in [5, 5.41) is 5.03. The lowest BCUT2D eigenvalue weighted by Crippen LogP contribution is -2.29. The molecule has 21 heavy (non-hydrogen) atoms. The second kappa shape index (κ2) is 6.14. The quantitative estimate of drug-likeness (QED) is 0.630. The Labute approximate surface area is 123 Å². The highest BCUT2D eigenvalue weighted by atomic mass is 16.1. The molecule has 1 N–H and O–H groups in total. The third-order valence-corrected chi connectivity index (χ3v) is 3.97. The topological polar surface area (TPSA) is 58.5 Å². The van der Waals surface area contributed by atoms with E-state index in [0.29, 0.717) is 6.42 Å². The number of carbonyl (C=O) groups is 2. The van der Waals surface area contributed by atoms with Gasteiger partial charge in [0.1, 0.15) is 6.29 Å². The van der Waals surface area contributed by atoms with Crippen molar-refractivity contribution in [2.45, 2.75) is 25.7 Å².